The smallest absolute Gasteiger partial charge is 0.205 e. The fourth-order valence-electron chi connectivity index (χ4n) is 1.06. The molecule has 2 rings (SSSR count). The Morgan fingerprint density at radius 3 is 3.00 bits per heavy atom. The number of carbonyl (C=O) groups is 1. The second kappa shape index (κ2) is 4.32. The Bertz CT molecular complexity index is 461. The minimum Gasteiger partial charge on any atom is -0.465 e. The monoisotopic (exact) mass is 200 g/mol. The molecule has 0 aliphatic carbocycles. The number of aromatic nitrogens is 2. The SMILES string of the molecule is O=C(/C=C/c1ccco1)c1cnccn1. The van der Waals surface area contributed by atoms with Crippen LogP contribution in [0.15, 0.2) is 47.5 Å². The van der Waals surface area contributed by atoms with Crippen molar-refractivity contribution in [3.8, 4) is 0 Å². The van der Waals surface area contributed by atoms with Gasteiger partial charge in [-0.15, -0.1) is 0 Å². The van der Waals surface area contributed by atoms with Crippen molar-refractivity contribution in [2.75, 3.05) is 0 Å². The Hall–Kier alpha value is -2.23. The second-order valence-corrected chi connectivity index (χ2v) is 2.80. The molecular weight excluding hydrogens is 192 g/mol. The van der Waals surface area contributed by atoms with Crippen molar-refractivity contribution in [3.63, 3.8) is 0 Å². The van der Waals surface area contributed by atoms with Crippen molar-refractivity contribution in [2.24, 2.45) is 0 Å². The van der Waals surface area contributed by atoms with Crippen molar-refractivity contribution in [1.29, 1.82) is 0 Å². The van der Waals surface area contributed by atoms with Crippen molar-refractivity contribution >= 4 is 11.9 Å². The van der Waals surface area contributed by atoms with Gasteiger partial charge in [0.15, 0.2) is 0 Å². The van der Waals surface area contributed by atoms with Crippen molar-refractivity contribution in [2.45, 2.75) is 0 Å². The van der Waals surface area contributed by atoms with Crippen molar-refractivity contribution in [1.82, 2.24) is 9.97 Å². The van der Waals surface area contributed by atoms with Gasteiger partial charge in [0.1, 0.15) is 11.5 Å². The largest absolute Gasteiger partial charge is 0.465 e. The number of nitrogens with zero attached hydrogens (tertiary/aromatic N) is 2. The van der Waals surface area contributed by atoms with Gasteiger partial charge in [-0.1, -0.05) is 0 Å². The fraction of sp³-hybridized carbons (Fsp3) is 0. The highest BCUT2D eigenvalue weighted by molar-refractivity contribution is 6.05. The normalized spacial score (nSPS) is 10.7. The maximum Gasteiger partial charge on any atom is 0.205 e. The van der Waals surface area contributed by atoms with Crippen LogP contribution in [0.25, 0.3) is 6.08 Å². The van der Waals surface area contributed by atoms with E-state index in [1.165, 1.54) is 24.7 Å². The van der Waals surface area contributed by atoms with Crippen LogP contribution in [0.1, 0.15) is 16.2 Å². The van der Waals surface area contributed by atoms with E-state index in [9.17, 15) is 4.79 Å². The molecule has 4 heteroatoms. The Morgan fingerprint density at radius 1 is 1.40 bits per heavy atom. The van der Waals surface area contributed by atoms with Crippen LogP contribution in [0, 0.1) is 0 Å². The first-order valence-corrected chi connectivity index (χ1v) is 4.38. The first-order chi connectivity index (χ1) is 7.36. The predicted octanol–water partition coefficient (Wildman–Crippen LogP) is 1.97. The molecule has 0 bridgehead atoms. The van der Waals surface area contributed by atoms with E-state index in [2.05, 4.69) is 9.97 Å². The fourth-order valence-corrected chi connectivity index (χ4v) is 1.06. The lowest BCUT2D eigenvalue weighted by Crippen LogP contribution is -1.97. The first kappa shape index (κ1) is 9.33. The average molecular weight is 200 g/mol. The lowest BCUT2D eigenvalue weighted by Gasteiger charge is -1.91. The third kappa shape index (κ3) is 2.37. The topological polar surface area (TPSA) is 56.0 Å². The number of allylic oxidation sites excluding steroid dienone is 1. The highest BCUT2D eigenvalue weighted by atomic mass is 16.3. The Kier molecular flexibility index (Phi) is 2.69. The Balaban J connectivity index is 2.11. The molecule has 2 heterocycles. The second-order valence-electron chi connectivity index (χ2n) is 2.80. The van der Waals surface area contributed by atoms with E-state index in [1.807, 2.05) is 0 Å². The van der Waals surface area contributed by atoms with Gasteiger partial charge in [-0.05, 0) is 24.3 Å². The zero-order valence-corrected chi connectivity index (χ0v) is 7.83. The number of hydrogen-bond acceptors (Lipinski definition) is 4. The van der Waals surface area contributed by atoms with Crippen LogP contribution in [0.5, 0.6) is 0 Å². The molecule has 0 aliphatic heterocycles. The molecule has 2 aromatic rings. The van der Waals surface area contributed by atoms with Crippen LogP contribution in [0.4, 0.5) is 0 Å². The van der Waals surface area contributed by atoms with E-state index >= 15 is 0 Å². The Labute approximate surface area is 86.3 Å². The van der Waals surface area contributed by atoms with Crippen LogP contribution in [0.2, 0.25) is 0 Å². The summed E-state index contributed by atoms with van der Waals surface area (Å²) in [5.41, 5.74) is 0.320. The zero-order valence-electron chi connectivity index (χ0n) is 7.83. The van der Waals surface area contributed by atoms with E-state index in [-0.39, 0.29) is 5.78 Å². The standard InChI is InChI=1S/C11H8N2O2/c14-11(10-8-12-5-6-13-10)4-3-9-2-1-7-15-9/h1-8H/b4-3+. The van der Waals surface area contributed by atoms with Crippen molar-refractivity contribution in [3.05, 3.63) is 54.5 Å². The number of ketones is 1. The number of rotatable bonds is 3. The van der Waals surface area contributed by atoms with Gasteiger partial charge in [0.2, 0.25) is 5.78 Å². The van der Waals surface area contributed by atoms with Gasteiger partial charge in [0.25, 0.3) is 0 Å². The van der Waals surface area contributed by atoms with Crippen LogP contribution in [-0.4, -0.2) is 15.8 Å². The molecule has 0 saturated carbocycles. The molecule has 0 amide bonds. The Morgan fingerprint density at radius 2 is 2.33 bits per heavy atom. The molecule has 0 aromatic carbocycles. The van der Waals surface area contributed by atoms with Crippen LogP contribution < -0.4 is 0 Å². The highest BCUT2D eigenvalue weighted by Crippen LogP contribution is 2.03. The molecular formula is C11H8N2O2. The maximum atomic E-state index is 11.5. The number of carbonyl (C=O) groups excluding carboxylic acids is 1. The van der Waals surface area contributed by atoms with Crippen LogP contribution in [0.3, 0.4) is 0 Å². The maximum absolute atomic E-state index is 11.5. The molecule has 4 nitrogen and oxygen atoms in total. The molecule has 0 unspecified atom stereocenters. The molecule has 0 radical (unpaired) electrons. The van der Waals surface area contributed by atoms with E-state index in [1.54, 1.807) is 24.5 Å². The van der Waals surface area contributed by atoms with Gasteiger partial charge >= 0.3 is 0 Å². The minimum absolute atomic E-state index is 0.195. The summed E-state index contributed by atoms with van der Waals surface area (Å²) in [5, 5.41) is 0. The lowest BCUT2D eigenvalue weighted by atomic mass is 10.2. The van der Waals surface area contributed by atoms with Gasteiger partial charge < -0.3 is 4.42 Å². The van der Waals surface area contributed by atoms with Crippen LogP contribution in [-0.2, 0) is 0 Å². The summed E-state index contributed by atoms with van der Waals surface area (Å²) in [4.78, 5) is 19.2. The molecule has 0 N–H and O–H groups in total. The van der Waals surface area contributed by atoms with Crippen molar-refractivity contribution < 1.29 is 9.21 Å². The number of hydrogen-bond donors (Lipinski definition) is 0. The molecule has 0 atom stereocenters. The zero-order chi connectivity index (χ0) is 10.5. The van der Waals surface area contributed by atoms with E-state index in [0.717, 1.165) is 0 Å². The molecule has 74 valence electrons. The van der Waals surface area contributed by atoms with Gasteiger partial charge in [0.05, 0.1) is 12.5 Å². The third-order valence-electron chi connectivity index (χ3n) is 1.76. The first-order valence-electron chi connectivity index (χ1n) is 4.38. The van der Waals surface area contributed by atoms with Gasteiger partial charge in [0, 0.05) is 12.4 Å². The summed E-state index contributed by atoms with van der Waals surface area (Å²) >= 11 is 0. The summed E-state index contributed by atoms with van der Waals surface area (Å²) in [6.45, 7) is 0. The predicted molar refractivity (Wildman–Crippen MR) is 54.1 cm³/mol. The quantitative estimate of drug-likeness (QED) is 0.561. The molecule has 0 saturated heterocycles. The molecule has 15 heavy (non-hydrogen) atoms. The van der Waals surface area contributed by atoms with Gasteiger partial charge in [-0.25, -0.2) is 4.98 Å². The number of furan rings is 1. The van der Waals surface area contributed by atoms with E-state index in [0.29, 0.717) is 11.5 Å². The van der Waals surface area contributed by atoms with E-state index < -0.39 is 0 Å². The molecule has 0 fully saturated rings. The lowest BCUT2D eigenvalue weighted by molar-refractivity contribution is 0.104. The third-order valence-corrected chi connectivity index (χ3v) is 1.76. The average Bonchev–Trinajstić information content (AvgIpc) is 2.80. The minimum atomic E-state index is -0.195. The summed E-state index contributed by atoms with van der Waals surface area (Å²) in [6, 6.07) is 3.52. The van der Waals surface area contributed by atoms with Gasteiger partial charge in [-0.3, -0.25) is 9.78 Å². The summed E-state index contributed by atoms with van der Waals surface area (Å²) < 4.78 is 5.04. The summed E-state index contributed by atoms with van der Waals surface area (Å²) in [5.74, 6) is 0.437. The van der Waals surface area contributed by atoms with Crippen LogP contribution >= 0.6 is 0 Å². The molecule has 0 spiro atoms. The molecule has 0 aliphatic rings. The summed E-state index contributed by atoms with van der Waals surface area (Å²) in [7, 11) is 0. The molecule has 2 aromatic heterocycles. The van der Waals surface area contributed by atoms with Gasteiger partial charge in [-0.2, -0.15) is 0 Å². The summed E-state index contributed by atoms with van der Waals surface area (Å²) in [6.07, 6.45) is 8.97. The van der Waals surface area contributed by atoms with E-state index in [4.69, 9.17) is 4.42 Å². The highest BCUT2D eigenvalue weighted by Gasteiger charge is 2.02.